The number of hydrogen-bond donors (Lipinski definition) is 1. The summed E-state index contributed by atoms with van der Waals surface area (Å²) in [6.45, 7) is 0. The zero-order chi connectivity index (χ0) is 12.4. The maximum Gasteiger partial charge on any atom is 0.243 e. The third-order valence-electron chi connectivity index (χ3n) is 5.21. The number of hydrazone groups is 1. The molecule has 3 nitrogen and oxygen atoms in total. The van der Waals surface area contributed by atoms with Crippen LogP contribution in [0.3, 0.4) is 0 Å². The second-order valence-corrected chi connectivity index (χ2v) is 6.43. The molecule has 0 spiro atoms. The van der Waals surface area contributed by atoms with Gasteiger partial charge < -0.3 is 0 Å². The topological polar surface area (TPSA) is 41.5 Å². The standard InChI is InChI=1S/C15H24N2O/c18-15(12-4-2-1-3-5-12)17-16-10-14-9-11-6-7-13(14)8-11/h10-14H,1-9H2,(H,17,18)/b16-10-/t11-,13+,14+/m0/s1. The molecule has 3 fully saturated rings. The van der Waals surface area contributed by atoms with Gasteiger partial charge in [-0.3, -0.25) is 4.79 Å². The second kappa shape index (κ2) is 5.41. The lowest BCUT2D eigenvalue weighted by atomic mass is 9.89. The molecule has 0 saturated heterocycles. The molecular formula is C15H24N2O. The summed E-state index contributed by atoms with van der Waals surface area (Å²) in [4.78, 5) is 11.9. The van der Waals surface area contributed by atoms with Crippen LogP contribution in [0.5, 0.6) is 0 Å². The van der Waals surface area contributed by atoms with E-state index in [1.54, 1.807) is 0 Å². The van der Waals surface area contributed by atoms with Gasteiger partial charge in [-0.2, -0.15) is 5.10 Å². The summed E-state index contributed by atoms with van der Waals surface area (Å²) in [5, 5.41) is 4.22. The number of amides is 1. The minimum Gasteiger partial charge on any atom is -0.273 e. The Kier molecular flexibility index (Phi) is 3.67. The van der Waals surface area contributed by atoms with E-state index in [0.717, 1.165) is 24.7 Å². The third kappa shape index (κ3) is 2.60. The minimum atomic E-state index is 0.147. The molecule has 1 N–H and O–H groups in total. The van der Waals surface area contributed by atoms with Crippen LogP contribution in [0.25, 0.3) is 0 Å². The van der Waals surface area contributed by atoms with Crippen LogP contribution in [0.15, 0.2) is 5.10 Å². The van der Waals surface area contributed by atoms with Crippen molar-refractivity contribution >= 4 is 12.1 Å². The van der Waals surface area contributed by atoms with Crippen molar-refractivity contribution in [3.8, 4) is 0 Å². The Morgan fingerprint density at radius 3 is 2.56 bits per heavy atom. The fourth-order valence-corrected chi connectivity index (χ4v) is 4.13. The molecule has 3 rings (SSSR count). The van der Waals surface area contributed by atoms with Crippen molar-refractivity contribution in [3.05, 3.63) is 0 Å². The molecule has 0 unspecified atom stereocenters. The van der Waals surface area contributed by atoms with Crippen LogP contribution in [-0.4, -0.2) is 12.1 Å². The molecule has 0 heterocycles. The Morgan fingerprint density at radius 1 is 1.06 bits per heavy atom. The minimum absolute atomic E-state index is 0.147. The van der Waals surface area contributed by atoms with Gasteiger partial charge in [-0.25, -0.2) is 5.43 Å². The first-order valence-corrected chi connectivity index (χ1v) is 7.66. The van der Waals surface area contributed by atoms with E-state index < -0.39 is 0 Å². The van der Waals surface area contributed by atoms with Crippen molar-refractivity contribution in [2.24, 2.45) is 28.8 Å². The molecule has 0 aromatic carbocycles. The Hall–Kier alpha value is -0.860. The van der Waals surface area contributed by atoms with Crippen LogP contribution in [-0.2, 0) is 4.79 Å². The molecule has 3 aliphatic carbocycles. The fourth-order valence-electron chi connectivity index (χ4n) is 4.13. The molecule has 3 aliphatic rings. The van der Waals surface area contributed by atoms with Crippen LogP contribution in [0.1, 0.15) is 57.8 Å². The lowest BCUT2D eigenvalue weighted by Gasteiger charge is -2.20. The Labute approximate surface area is 109 Å². The molecule has 0 aliphatic heterocycles. The van der Waals surface area contributed by atoms with Crippen LogP contribution in [0.2, 0.25) is 0 Å². The number of carbonyl (C=O) groups excluding carboxylic acids is 1. The first kappa shape index (κ1) is 12.2. The van der Waals surface area contributed by atoms with Crippen molar-refractivity contribution in [1.82, 2.24) is 5.43 Å². The normalized spacial score (nSPS) is 36.3. The van der Waals surface area contributed by atoms with Gasteiger partial charge in [-0.05, 0) is 49.9 Å². The number of carbonyl (C=O) groups is 1. The smallest absolute Gasteiger partial charge is 0.243 e. The van der Waals surface area contributed by atoms with Gasteiger partial charge in [0, 0.05) is 12.1 Å². The number of nitrogens with one attached hydrogen (secondary N) is 1. The van der Waals surface area contributed by atoms with E-state index >= 15 is 0 Å². The molecule has 0 aromatic heterocycles. The van der Waals surface area contributed by atoms with Crippen LogP contribution < -0.4 is 5.43 Å². The van der Waals surface area contributed by atoms with E-state index in [0.29, 0.717) is 5.92 Å². The van der Waals surface area contributed by atoms with E-state index in [9.17, 15) is 4.79 Å². The zero-order valence-corrected chi connectivity index (χ0v) is 11.1. The van der Waals surface area contributed by atoms with Crippen molar-refractivity contribution in [2.45, 2.75) is 57.8 Å². The van der Waals surface area contributed by atoms with Gasteiger partial charge in [0.15, 0.2) is 0 Å². The summed E-state index contributed by atoms with van der Waals surface area (Å²) in [5.74, 6) is 2.80. The van der Waals surface area contributed by atoms with E-state index in [1.165, 1.54) is 44.9 Å². The Bertz CT molecular complexity index is 333. The summed E-state index contributed by atoms with van der Waals surface area (Å²) in [6, 6.07) is 0. The highest BCUT2D eigenvalue weighted by Gasteiger charge is 2.38. The fraction of sp³-hybridized carbons (Fsp3) is 0.867. The van der Waals surface area contributed by atoms with Crippen molar-refractivity contribution < 1.29 is 4.79 Å². The van der Waals surface area contributed by atoms with Crippen molar-refractivity contribution in [3.63, 3.8) is 0 Å². The maximum absolute atomic E-state index is 11.9. The first-order valence-electron chi connectivity index (χ1n) is 7.66. The Morgan fingerprint density at radius 2 is 1.89 bits per heavy atom. The monoisotopic (exact) mass is 248 g/mol. The molecule has 18 heavy (non-hydrogen) atoms. The molecule has 0 radical (unpaired) electrons. The largest absolute Gasteiger partial charge is 0.273 e. The SMILES string of the molecule is O=C(N/N=C\[C@H]1C[C@H]2CC[C@@H]1C2)C1CCCCC1. The average Bonchev–Trinajstić information content (AvgIpc) is 3.02. The summed E-state index contributed by atoms with van der Waals surface area (Å²) >= 11 is 0. The molecule has 3 saturated carbocycles. The highest BCUT2D eigenvalue weighted by Crippen LogP contribution is 2.47. The zero-order valence-electron chi connectivity index (χ0n) is 11.1. The van der Waals surface area contributed by atoms with Crippen molar-refractivity contribution in [2.75, 3.05) is 0 Å². The molecule has 3 heteroatoms. The van der Waals surface area contributed by atoms with Gasteiger partial charge >= 0.3 is 0 Å². The number of rotatable bonds is 3. The first-order chi connectivity index (χ1) is 8.83. The lowest BCUT2D eigenvalue weighted by molar-refractivity contribution is -0.125. The number of hydrogen-bond acceptors (Lipinski definition) is 2. The number of nitrogens with zero attached hydrogens (tertiary/aromatic N) is 1. The molecule has 0 aromatic rings. The quantitative estimate of drug-likeness (QED) is 0.605. The molecule has 2 bridgehead atoms. The summed E-state index contributed by atoms with van der Waals surface area (Å²) in [7, 11) is 0. The van der Waals surface area contributed by atoms with Gasteiger partial charge in [-0.15, -0.1) is 0 Å². The molecule has 100 valence electrons. The van der Waals surface area contributed by atoms with Gasteiger partial charge in [0.2, 0.25) is 5.91 Å². The van der Waals surface area contributed by atoms with Gasteiger partial charge in [0.1, 0.15) is 0 Å². The van der Waals surface area contributed by atoms with Gasteiger partial charge in [-0.1, -0.05) is 25.7 Å². The van der Waals surface area contributed by atoms with E-state index in [4.69, 9.17) is 0 Å². The van der Waals surface area contributed by atoms with Gasteiger partial charge in [0.25, 0.3) is 0 Å². The Balaban J connectivity index is 1.44. The van der Waals surface area contributed by atoms with Crippen molar-refractivity contribution in [1.29, 1.82) is 0 Å². The third-order valence-corrected chi connectivity index (χ3v) is 5.21. The predicted molar refractivity (Wildman–Crippen MR) is 72.1 cm³/mol. The number of fused-ring (bicyclic) bond motifs is 2. The van der Waals surface area contributed by atoms with E-state index in [1.807, 2.05) is 6.21 Å². The van der Waals surface area contributed by atoms with Gasteiger partial charge in [0.05, 0.1) is 0 Å². The summed E-state index contributed by atoms with van der Waals surface area (Å²) in [5.41, 5.74) is 2.77. The summed E-state index contributed by atoms with van der Waals surface area (Å²) < 4.78 is 0. The van der Waals surface area contributed by atoms with Crippen LogP contribution in [0.4, 0.5) is 0 Å². The van der Waals surface area contributed by atoms with Crippen LogP contribution in [0, 0.1) is 23.7 Å². The lowest BCUT2D eigenvalue weighted by Crippen LogP contribution is -2.29. The molecule has 3 atom stereocenters. The maximum atomic E-state index is 11.9. The molecular weight excluding hydrogens is 224 g/mol. The highest BCUT2D eigenvalue weighted by atomic mass is 16.2. The van der Waals surface area contributed by atoms with Crippen LogP contribution >= 0.6 is 0 Å². The predicted octanol–water partition coefficient (Wildman–Crippen LogP) is 3.10. The van der Waals surface area contributed by atoms with E-state index in [2.05, 4.69) is 10.5 Å². The summed E-state index contributed by atoms with van der Waals surface area (Å²) in [6.07, 6.45) is 13.3. The highest BCUT2D eigenvalue weighted by molar-refractivity contribution is 5.79. The van der Waals surface area contributed by atoms with E-state index in [-0.39, 0.29) is 11.8 Å². The molecule has 1 amide bonds. The second-order valence-electron chi connectivity index (χ2n) is 6.43. The average molecular weight is 248 g/mol.